The van der Waals surface area contributed by atoms with E-state index in [0.717, 1.165) is 5.56 Å². The Bertz CT molecular complexity index is 873. The smallest absolute Gasteiger partial charge is 0.341 e. The number of ether oxygens (including phenoxy) is 1. The first-order valence-corrected chi connectivity index (χ1v) is 8.37. The average molecular weight is 415 g/mol. The Morgan fingerprint density at radius 1 is 1.23 bits per heavy atom. The van der Waals surface area contributed by atoms with E-state index in [1.807, 2.05) is 36.4 Å². The second kappa shape index (κ2) is 9.39. The van der Waals surface area contributed by atoms with E-state index in [0.29, 0.717) is 22.3 Å². The zero-order chi connectivity index (χ0) is 18.9. The lowest BCUT2D eigenvalue weighted by Crippen LogP contribution is -2.23. The van der Waals surface area contributed by atoms with Crippen molar-refractivity contribution in [1.29, 1.82) is 5.26 Å². The Morgan fingerprint density at radius 3 is 2.58 bits per heavy atom. The summed E-state index contributed by atoms with van der Waals surface area (Å²) in [5, 5.41) is 20.6. The molecule has 7 heteroatoms. The summed E-state index contributed by atoms with van der Waals surface area (Å²) in [5.41, 5.74) is 1.50. The van der Waals surface area contributed by atoms with Gasteiger partial charge in [0.15, 0.2) is 6.61 Å². The van der Waals surface area contributed by atoms with Crippen LogP contribution in [-0.4, -0.2) is 23.6 Å². The van der Waals surface area contributed by atoms with Crippen molar-refractivity contribution in [1.82, 2.24) is 5.32 Å². The summed E-state index contributed by atoms with van der Waals surface area (Å²) >= 11 is 3.28. The predicted molar refractivity (Wildman–Crippen MR) is 99.2 cm³/mol. The number of halogens is 1. The number of carbonyl (C=O) groups excluding carboxylic acids is 1. The van der Waals surface area contributed by atoms with E-state index in [-0.39, 0.29) is 5.57 Å². The first-order valence-electron chi connectivity index (χ1n) is 7.57. The molecule has 0 unspecified atom stereocenters. The number of nitrogens with one attached hydrogen (secondary N) is 1. The summed E-state index contributed by atoms with van der Waals surface area (Å²) in [6.07, 6.45) is 1.45. The van der Waals surface area contributed by atoms with Gasteiger partial charge in [0.2, 0.25) is 0 Å². The second-order valence-electron chi connectivity index (χ2n) is 5.21. The second-order valence-corrected chi connectivity index (χ2v) is 6.06. The number of hydrogen-bond donors (Lipinski definition) is 2. The van der Waals surface area contributed by atoms with Gasteiger partial charge in [0.1, 0.15) is 17.4 Å². The van der Waals surface area contributed by atoms with Crippen molar-refractivity contribution in [2.45, 2.75) is 6.54 Å². The molecule has 0 heterocycles. The van der Waals surface area contributed by atoms with Crippen LogP contribution in [-0.2, 0) is 16.1 Å². The predicted octanol–water partition coefficient (Wildman–Crippen LogP) is 3.14. The zero-order valence-electron chi connectivity index (χ0n) is 13.6. The largest absolute Gasteiger partial charge is 0.481 e. The molecule has 0 spiro atoms. The molecule has 2 aromatic rings. The van der Waals surface area contributed by atoms with E-state index in [2.05, 4.69) is 21.2 Å². The monoisotopic (exact) mass is 414 g/mol. The van der Waals surface area contributed by atoms with Crippen LogP contribution in [0.2, 0.25) is 0 Å². The molecule has 0 aromatic heterocycles. The van der Waals surface area contributed by atoms with Crippen LogP contribution in [0.25, 0.3) is 6.08 Å². The van der Waals surface area contributed by atoms with Crippen molar-refractivity contribution in [2.75, 3.05) is 6.61 Å². The van der Waals surface area contributed by atoms with Crippen LogP contribution in [0, 0.1) is 11.3 Å². The van der Waals surface area contributed by atoms with Gasteiger partial charge in [0.05, 0.1) is 4.47 Å². The average Bonchev–Trinajstić information content (AvgIpc) is 2.64. The minimum Gasteiger partial charge on any atom is -0.481 e. The van der Waals surface area contributed by atoms with Crippen LogP contribution in [0.4, 0.5) is 0 Å². The Labute approximate surface area is 158 Å². The molecule has 0 bridgehead atoms. The van der Waals surface area contributed by atoms with Gasteiger partial charge in [0, 0.05) is 6.54 Å². The summed E-state index contributed by atoms with van der Waals surface area (Å²) in [6, 6.07) is 16.1. The minimum atomic E-state index is -1.08. The highest BCUT2D eigenvalue weighted by Gasteiger charge is 2.10. The van der Waals surface area contributed by atoms with Crippen LogP contribution in [0.5, 0.6) is 5.75 Å². The highest BCUT2D eigenvalue weighted by atomic mass is 79.9. The fraction of sp³-hybridized carbons (Fsp3) is 0.105. The number of carboxylic acids is 1. The Morgan fingerprint density at radius 2 is 1.96 bits per heavy atom. The summed E-state index contributed by atoms with van der Waals surface area (Å²) in [6.45, 7) is -0.135. The van der Waals surface area contributed by atoms with Crippen molar-refractivity contribution in [2.24, 2.45) is 0 Å². The summed E-state index contributed by atoms with van der Waals surface area (Å²) in [4.78, 5) is 22.7. The number of nitriles is 1. The maximum absolute atomic E-state index is 12.2. The van der Waals surface area contributed by atoms with Crippen molar-refractivity contribution >= 4 is 33.9 Å². The molecular formula is C19H15BrN2O4. The van der Waals surface area contributed by atoms with Crippen molar-refractivity contribution in [3.63, 3.8) is 0 Å². The third kappa shape index (κ3) is 5.76. The molecule has 0 fully saturated rings. The quantitative estimate of drug-likeness (QED) is 0.535. The first kappa shape index (κ1) is 19.2. The van der Waals surface area contributed by atoms with Gasteiger partial charge < -0.3 is 15.2 Å². The van der Waals surface area contributed by atoms with Crippen LogP contribution >= 0.6 is 15.9 Å². The van der Waals surface area contributed by atoms with Gasteiger partial charge in [-0.1, -0.05) is 36.4 Å². The SMILES string of the molecule is N#CC(=Cc1ccc(OCC(=O)O)c(Br)c1)C(=O)NCc1ccccc1. The third-order valence-electron chi connectivity index (χ3n) is 3.28. The summed E-state index contributed by atoms with van der Waals surface area (Å²) < 4.78 is 5.63. The highest BCUT2D eigenvalue weighted by molar-refractivity contribution is 9.10. The van der Waals surface area contributed by atoms with E-state index in [9.17, 15) is 14.9 Å². The van der Waals surface area contributed by atoms with E-state index in [4.69, 9.17) is 9.84 Å². The molecule has 1 amide bonds. The molecule has 26 heavy (non-hydrogen) atoms. The number of hydrogen-bond acceptors (Lipinski definition) is 4. The van der Waals surface area contributed by atoms with Gasteiger partial charge in [-0.15, -0.1) is 0 Å². The topological polar surface area (TPSA) is 99.4 Å². The minimum absolute atomic E-state index is 0.0352. The molecule has 0 aliphatic rings. The fourth-order valence-corrected chi connectivity index (χ4v) is 2.56. The Hall–Kier alpha value is -3.11. The van der Waals surface area contributed by atoms with E-state index < -0.39 is 18.5 Å². The number of aliphatic carboxylic acids is 1. The zero-order valence-corrected chi connectivity index (χ0v) is 15.2. The molecule has 0 aliphatic heterocycles. The molecule has 0 radical (unpaired) electrons. The van der Waals surface area contributed by atoms with Crippen LogP contribution < -0.4 is 10.1 Å². The number of nitrogens with zero attached hydrogens (tertiary/aromatic N) is 1. The van der Waals surface area contributed by atoms with Crippen LogP contribution in [0.15, 0.2) is 58.6 Å². The maximum atomic E-state index is 12.2. The molecule has 132 valence electrons. The van der Waals surface area contributed by atoms with E-state index >= 15 is 0 Å². The van der Waals surface area contributed by atoms with E-state index in [1.54, 1.807) is 18.2 Å². The van der Waals surface area contributed by atoms with Crippen molar-refractivity contribution < 1.29 is 19.4 Å². The lowest BCUT2D eigenvalue weighted by molar-refractivity contribution is -0.139. The Balaban J connectivity index is 2.07. The molecule has 0 aliphatic carbocycles. The Kier molecular flexibility index (Phi) is 6.94. The van der Waals surface area contributed by atoms with Crippen LogP contribution in [0.3, 0.4) is 0 Å². The van der Waals surface area contributed by atoms with Crippen LogP contribution in [0.1, 0.15) is 11.1 Å². The number of carbonyl (C=O) groups is 2. The first-order chi connectivity index (χ1) is 12.5. The molecule has 0 saturated heterocycles. The normalized spacial score (nSPS) is 10.7. The number of amides is 1. The molecule has 2 N–H and O–H groups in total. The lowest BCUT2D eigenvalue weighted by Gasteiger charge is -2.07. The van der Waals surface area contributed by atoms with Gasteiger partial charge in [-0.3, -0.25) is 4.79 Å². The van der Waals surface area contributed by atoms with E-state index in [1.165, 1.54) is 6.08 Å². The van der Waals surface area contributed by atoms with Crippen molar-refractivity contribution in [3.8, 4) is 11.8 Å². The molecule has 2 rings (SSSR count). The molecule has 6 nitrogen and oxygen atoms in total. The number of rotatable bonds is 7. The summed E-state index contributed by atoms with van der Waals surface area (Å²) in [5.74, 6) is -1.20. The van der Waals surface area contributed by atoms with Gasteiger partial charge >= 0.3 is 5.97 Å². The molecular weight excluding hydrogens is 400 g/mol. The highest BCUT2D eigenvalue weighted by Crippen LogP contribution is 2.27. The number of carboxylic acid groups (broad SMARTS) is 1. The molecule has 0 saturated carbocycles. The van der Waals surface area contributed by atoms with Gasteiger partial charge in [-0.2, -0.15) is 5.26 Å². The standard InChI is InChI=1S/C19H15BrN2O4/c20-16-9-14(6-7-17(16)26-12-18(23)24)8-15(10-21)19(25)22-11-13-4-2-1-3-5-13/h1-9H,11-12H2,(H,22,25)(H,23,24). The maximum Gasteiger partial charge on any atom is 0.341 e. The van der Waals surface area contributed by atoms with Gasteiger partial charge in [-0.05, 0) is 45.3 Å². The lowest BCUT2D eigenvalue weighted by atomic mass is 10.1. The molecule has 2 aromatic carbocycles. The van der Waals surface area contributed by atoms with Gasteiger partial charge in [-0.25, -0.2) is 4.79 Å². The van der Waals surface area contributed by atoms with Crippen molar-refractivity contribution in [3.05, 3.63) is 69.7 Å². The fourth-order valence-electron chi connectivity index (χ4n) is 2.05. The van der Waals surface area contributed by atoms with Gasteiger partial charge in [0.25, 0.3) is 5.91 Å². The molecule has 0 atom stereocenters. The third-order valence-corrected chi connectivity index (χ3v) is 3.90. The number of benzene rings is 2. The summed E-state index contributed by atoms with van der Waals surface area (Å²) in [7, 11) is 0.